The third-order valence-electron chi connectivity index (χ3n) is 4.48. The molecule has 2 heterocycles. The molecule has 1 aliphatic heterocycles. The predicted molar refractivity (Wildman–Crippen MR) is 109 cm³/mol. The van der Waals surface area contributed by atoms with E-state index in [1.807, 2.05) is 47.4 Å². The molecule has 0 saturated carbocycles. The van der Waals surface area contributed by atoms with Gasteiger partial charge in [0.15, 0.2) is 0 Å². The summed E-state index contributed by atoms with van der Waals surface area (Å²) in [5.41, 5.74) is 3.02. The van der Waals surface area contributed by atoms with Crippen LogP contribution in [-0.2, 0) is 4.79 Å². The number of hydrogen-bond donors (Lipinski definition) is 3. The fourth-order valence-electron chi connectivity index (χ4n) is 3.00. The molecule has 1 aromatic carbocycles. The van der Waals surface area contributed by atoms with Crippen LogP contribution >= 0.6 is 12.4 Å². The number of pyridine rings is 1. The van der Waals surface area contributed by atoms with E-state index < -0.39 is 5.91 Å². The van der Waals surface area contributed by atoms with E-state index in [9.17, 15) is 9.59 Å². The van der Waals surface area contributed by atoms with E-state index in [1.165, 1.54) is 11.6 Å². The highest BCUT2D eigenvalue weighted by atomic mass is 35.5. The summed E-state index contributed by atoms with van der Waals surface area (Å²) >= 11 is 0. The number of hydroxylamine groups is 1. The lowest BCUT2D eigenvalue weighted by atomic mass is 10.0. The molecule has 8 heteroatoms. The SMILES string of the molecule is Cl.O=C(C=Cc1ccc(NC2CCN(C(=O)c3ccccc3)CC2)nc1)NO. The number of piperidine rings is 1. The molecule has 0 unspecified atom stereocenters. The number of amides is 2. The van der Waals surface area contributed by atoms with Gasteiger partial charge in [0.2, 0.25) is 0 Å². The molecule has 0 aliphatic carbocycles. The molecule has 0 radical (unpaired) electrons. The van der Waals surface area contributed by atoms with Crippen LogP contribution in [0.4, 0.5) is 5.82 Å². The molecule has 0 atom stereocenters. The van der Waals surface area contributed by atoms with E-state index in [2.05, 4.69) is 10.3 Å². The maximum Gasteiger partial charge on any atom is 0.267 e. The van der Waals surface area contributed by atoms with Gasteiger partial charge in [0, 0.05) is 37.0 Å². The Morgan fingerprint density at radius 3 is 2.43 bits per heavy atom. The zero-order valence-electron chi connectivity index (χ0n) is 15.2. The first-order chi connectivity index (χ1) is 13.2. The van der Waals surface area contributed by atoms with Gasteiger partial charge >= 0.3 is 0 Å². The second-order valence-electron chi connectivity index (χ2n) is 6.36. The van der Waals surface area contributed by atoms with Crippen molar-refractivity contribution in [1.29, 1.82) is 0 Å². The minimum Gasteiger partial charge on any atom is -0.367 e. The monoisotopic (exact) mass is 402 g/mol. The van der Waals surface area contributed by atoms with E-state index in [0.717, 1.165) is 29.8 Å². The zero-order valence-corrected chi connectivity index (χ0v) is 16.1. The van der Waals surface area contributed by atoms with Crippen LogP contribution in [0, 0.1) is 0 Å². The van der Waals surface area contributed by atoms with Crippen LogP contribution in [-0.4, -0.2) is 46.0 Å². The fourth-order valence-corrected chi connectivity index (χ4v) is 3.00. The van der Waals surface area contributed by atoms with Gasteiger partial charge in [0.05, 0.1) is 0 Å². The minimum absolute atomic E-state index is 0. The number of benzene rings is 1. The number of nitrogens with one attached hydrogen (secondary N) is 2. The van der Waals surface area contributed by atoms with Gasteiger partial charge in [0.1, 0.15) is 5.82 Å². The molecular formula is C20H23ClN4O3. The molecule has 0 bridgehead atoms. The summed E-state index contributed by atoms with van der Waals surface area (Å²) in [6.07, 6.45) is 6.16. The molecule has 3 rings (SSSR count). The Bertz CT molecular complexity index is 804. The van der Waals surface area contributed by atoms with Crippen LogP contribution in [0.3, 0.4) is 0 Å². The maximum absolute atomic E-state index is 12.5. The molecule has 2 amide bonds. The van der Waals surface area contributed by atoms with Crippen LogP contribution < -0.4 is 10.8 Å². The van der Waals surface area contributed by atoms with Crippen molar-refractivity contribution in [3.8, 4) is 0 Å². The highest BCUT2D eigenvalue weighted by Crippen LogP contribution is 2.17. The Balaban J connectivity index is 0.00000280. The molecule has 2 aromatic rings. The van der Waals surface area contributed by atoms with Crippen molar-refractivity contribution in [3.63, 3.8) is 0 Å². The number of aromatic nitrogens is 1. The van der Waals surface area contributed by atoms with Gasteiger partial charge in [-0.3, -0.25) is 14.8 Å². The first kappa shape index (κ1) is 21.4. The van der Waals surface area contributed by atoms with Crippen molar-refractivity contribution >= 4 is 36.1 Å². The van der Waals surface area contributed by atoms with Gasteiger partial charge in [-0.15, -0.1) is 12.4 Å². The number of rotatable bonds is 5. The average molecular weight is 403 g/mol. The number of halogens is 1. The van der Waals surface area contributed by atoms with Gasteiger partial charge in [-0.2, -0.15) is 0 Å². The van der Waals surface area contributed by atoms with E-state index in [4.69, 9.17) is 5.21 Å². The second-order valence-corrected chi connectivity index (χ2v) is 6.36. The molecule has 1 fully saturated rings. The number of hydrogen-bond acceptors (Lipinski definition) is 5. The number of nitrogens with zero attached hydrogens (tertiary/aromatic N) is 2. The molecule has 1 aromatic heterocycles. The van der Waals surface area contributed by atoms with Gasteiger partial charge in [-0.25, -0.2) is 10.5 Å². The molecule has 1 saturated heterocycles. The molecule has 3 N–H and O–H groups in total. The Morgan fingerprint density at radius 1 is 1.11 bits per heavy atom. The summed E-state index contributed by atoms with van der Waals surface area (Å²) in [4.78, 5) is 29.7. The summed E-state index contributed by atoms with van der Waals surface area (Å²) in [6, 6.07) is 13.3. The first-order valence-electron chi connectivity index (χ1n) is 8.85. The first-order valence-corrected chi connectivity index (χ1v) is 8.85. The highest BCUT2D eigenvalue weighted by Gasteiger charge is 2.23. The molecule has 0 spiro atoms. The lowest BCUT2D eigenvalue weighted by Gasteiger charge is -2.32. The highest BCUT2D eigenvalue weighted by molar-refractivity contribution is 5.94. The average Bonchev–Trinajstić information content (AvgIpc) is 2.73. The van der Waals surface area contributed by atoms with Gasteiger partial charge in [0.25, 0.3) is 11.8 Å². The van der Waals surface area contributed by atoms with E-state index in [1.54, 1.807) is 12.3 Å². The summed E-state index contributed by atoms with van der Waals surface area (Å²) in [5, 5.41) is 11.8. The number of carbonyl (C=O) groups is 2. The Hall–Kier alpha value is -2.90. The van der Waals surface area contributed by atoms with Crippen LogP contribution in [0.25, 0.3) is 6.08 Å². The Labute approximate surface area is 169 Å². The van der Waals surface area contributed by atoms with Crippen LogP contribution in [0.2, 0.25) is 0 Å². The number of anilines is 1. The van der Waals surface area contributed by atoms with Crippen molar-refractivity contribution < 1.29 is 14.8 Å². The van der Waals surface area contributed by atoms with Gasteiger partial charge in [-0.1, -0.05) is 18.2 Å². The minimum atomic E-state index is -0.589. The third-order valence-corrected chi connectivity index (χ3v) is 4.48. The normalized spacial score (nSPS) is 14.4. The van der Waals surface area contributed by atoms with Crippen LogP contribution in [0.15, 0.2) is 54.7 Å². The lowest BCUT2D eigenvalue weighted by Crippen LogP contribution is -2.42. The maximum atomic E-state index is 12.5. The smallest absolute Gasteiger partial charge is 0.267 e. The summed E-state index contributed by atoms with van der Waals surface area (Å²) < 4.78 is 0. The van der Waals surface area contributed by atoms with Gasteiger partial charge < -0.3 is 10.2 Å². The second kappa shape index (κ2) is 10.4. The van der Waals surface area contributed by atoms with Crippen molar-refractivity contribution in [3.05, 3.63) is 65.9 Å². The summed E-state index contributed by atoms with van der Waals surface area (Å²) in [6.45, 7) is 1.42. The molecule has 28 heavy (non-hydrogen) atoms. The standard InChI is InChI=1S/C20H22N4O3.ClH/c25-19(23-27)9-7-15-6-8-18(21-14-15)22-17-10-12-24(13-11-17)20(26)16-4-2-1-3-5-16;/h1-9,14,17,27H,10-13H2,(H,21,22)(H,23,25);1H. The largest absolute Gasteiger partial charge is 0.367 e. The van der Waals surface area contributed by atoms with Gasteiger partial charge in [-0.05, 0) is 48.7 Å². The van der Waals surface area contributed by atoms with Crippen molar-refractivity contribution in [2.24, 2.45) is 0 Å². The van der Waals surface area contributed by atoms with Crippen molar-refractivity contribution in [1.82, 2.24) is 15.4 Å². The molecule has 7 nitrogen and oxygen atoms in total. The van der Waals surface area contributed by atoms with E-state index in [-0.39, 0.29) is 24.4 Å². The van der Waals surface area contributed by atoms with E-state index in [0.29, 0.717) is 13.1 Å². The Kier molecular flexibility index (Phi) is 7.98. The summed E-state index contributed by atoms with van der Waals surface area (Å²) in [5.74, 6) is 0.246. The van der Waals surface area contributed by atoms with Crippen molar-refractivity contribution in [2.45, 2.75) is 18.9 Å². The third kappa shape index (κ3) is 5.80. The quantitative estimate of drug-likeness (QED) is 0.406. The van der Waals surface area contributed by atoms with E-state index >= 15 is 0 Å². The van der Waals surface area contributed by atoms with Crippen LogP contribution in [0.5, 0.6) is 0 Å². The zero-order chi connectivity index (χ0) is 19.1. The fraction of sp³-hybridized carbons (Fsp3) is 0.250. The van der Waals surface area contributed by atoms with Crippen LogP contribution in [0.1, 0.15) is 28.8 Å². The molecular weight excluding hydrogens is 380 g/mol. The number of carbonyl (C=O) groups excluding carboxylic acids is 2. The number of likely N-dealkylation sites (tertiary alicyclic amines) is 1. The topological polar surface area (TPSA) is 94.6 Å². The van der Waals surface area contributed by atoms with Crippen molar-refractivity contribution in [2.75, 3.05) is 18.4 Å². The lowest BCUT2D eigenvalue weighted by molar-refractivity contribution is -0.124. The Morgan fingerprint density at radius 2 is 1.82 bits per heavy atom. The predicted octanol–water partition coefficient (Wildman–Crippen LogP) is 2.74. The molecule has 148 valence electrons. The molecule has 1 aliphatic rings. The summed E-state index contributed by atoms with van der Waals surface area (Å²) in [7, 11) is 0.